The van der Waals surface area contributed by atoms with Gasteiger partial charge >= 0.3 is 0 Å². The SMILES string of the molecule is Cc1sc2nc(-c3ccccc3)n(C(C)C(N)=O)c(=O)c2c1-c1ccccc1. The molecule has 0 fully saturated rings. The average Bonchev–Trinajstić information content (AvgIpc) is 3.05. The Labute approximate surface area is 166 Å². The predicted octanol–water partition coefficient (Wildman–Crippen LogP) is 4.15. The summed E-state index contributed by atoms with van der Waals surface area (Å²) in [5.74, 6) is -0.126. The number of aromatic nitrogens is 2. The van der Waals surface area contributed by atoms with Crippen molar-refractivity contribution in [2.75, 3.05) is 0 Å². The second-order valence-corrected chi connectivity index (χ2v) is 7.84. The van der Waals surface area contributed by atoms with Crippen LogP contribution in [-0.2, 0) is 4.79 Å². The third kappa shape index (κ3) is 2.92. The maximum absolute atomic E-state index is 13.6. The number of fused-ring (bicyclic) bond motifs is 1. The van der Waals surface area contributed by atoms with E-state index >= 15 is 0 Å². The van der Waals surface area contributed by atoms with Crippen LogP contribution in [0.4, 0.5) is 0 Å². The molecule has 0 aliphatic heterocycles. The highest BCUT2D eigenvalue weighted by molar-refractivity contribution is 7.19. The molecular weight excluding hydrogens is 370 g/mol. The van der Waals surface area contributed by atoms with E-state index in [4.69, 9.17) is 10.7 Å². The maximum Gasteiger partial charge on any atom is 0.263 e. The minimum Gasteiger partial charge on any atom is -0.368 e. The summed E-state index contributed by atoms with van der Waals surface area (Å²) in [5.41, 5.74) is 7.89. The zero-order valence-corrected chi connectivity index (χ0v) is 16.4. The second kappa shape index (κ2) is 7.05. The first-order valence-electron chi connectivity index (χ1n) is 8.95. The molecule has 0 spiro atoms. The molecule has 2 heterocycles. The van der Waals surface area contributed by atoms with E-state index in [9.17, 15) is 9.59 Å². The largest absolute Gasteiger partial charge is 0.368 e. The molecule has 2 aromatic carbocycles. The minimum atomic E-state index is -0.816. The lowest BCUT2D eigenvalue weighted by Crippen LogP contribution is -2.33. The molecular formula is C22H19N3O2S. The molecule has 0 bridgehead atoms. The number of hydrogen-bond acceptors (Lipinski definition) is 4. The number of benzene rings is 2. The first-order chi connectivity index (χ1) is 13.5. The van der Waals surface area contributed by atoms with Gasteiger partial charge in [-0.3, -0.25) is 14.2 Å². The molecule has 0 saturated carbocycles. The Balaban J connectivity index is 2.12. The van der Waals surface area contributed by atoms with Gasteiger partial charge in [0.25, 0.3) is 5.56 Å². The lowest BCUT2D eigenvalue weighted by molar-refractivity contribution is -0.120. The van der Waals surface area contributed by atoms with E-state index in [2.05, 4.69) is 0 Å². The Kier molecular flexibility index (Phi) is 4.57. The number of carbonyl (C=O) groups is 1. The zero-order valence-electron chi connectivity index (χ0n) is 15.5. The van der Waals surface area contributed by atoms with Crippen molar-refractivity contribution in [3.63, 3.8) is 0 Å². The summed E-state index contributed by atoms with van der Waals surface area (Å²) in [6, 6.07) is 18.3. The highest BCUT2D eigenvalue weighted by Crippen LogP contribution is 2.36. The molecule has 5 nitrogen and oxygen atoms in total. The van der Waals surface area contributed by atoms with Gasteiger partial charge in [0.1, 0.15) is 16.7 Å². The molecule has 0 aliphatic carbocycles. The second-order valence-electron chi connectivity index (χ2n) is 6.63. The summed E-state index contributed by atoms with van der Waals surface area (Å²) in [4.78, 5) is 32.0. The Morgan fingerprint density at radius 3 is 2.18 bits per heavy atom. The summed E-state index contributed by atoms with van der Waals surface area (Å²) in [5, 5.41) is 0.529. The van der Waals surface area contributed by atoms with Gasteiger partial charge in [-0.25, -0.2) is 4.98 Å². The van der Waals surface area contributed by atoms with Gasteiger partial charge in [0.2, 0.25) is 5.91 Å². The quantitative estimate of drug-likeness (QED) is 0.570. The van der Waals surface area contributed by atoms with Crippen molar-refractivity contribution >= 4 is 27.5 Å². The van der Waals surface area contributed by atoms with Gasteiger partial charge in [0.05, 0.1) is 5.39 Å². The monoisotopic (exact) mass is 389 g/mol. The van der Waals surface area contributed by atoms with Crippen LogP contribution < -0.4 is 11.3 Å². The summed E-state index contributed by atoms with van der Waals surface area (Å²) >= 11 is 1.48. The first-order valence-corrected chi connectivity index (χ1v) is 9.76. The molecule has 2 aromatic heterocycles. The first kappa shape index (κ1) is 18.1. The van der Waals surface area contributed by atoms with Crippen LogP contribution in [0.5, 0.6) is 0 Å². The van der Waals surface area contributed by atoms with Crippen molar-refractivity contribution in [1.29, 1.82) is 0 Å². The van der Waals surface area contributed by atoms with Crippen molar-refractivity contribution in [2.45, 2.75) is 19.9 Å². The van der Waals surface area contributed by atoms with Crippen LogP contribution in [0.1, 0.15) is 17.8 Å². The van der Waals surface area contributed by atoms with Crippen LogP contribution >= 0.6 is 11.3 Å². The molecule has 1 unspecified atom stereocenters. The summed E-state index contributed by atoms with van der Waals surface area (Å²) in [6.45, 7) is 3.61. The smallest absolute Gasteiger partial charge is 0.263 e. The molecule has 140 valence electrons. The number of aryl methyl sites for hydroxylation is 1. The Morgan fingerprint density at radius 2 is 1.61 bits per heavy atom. The van der Waals surface area contributed by atoms with Gasteiger partial charge in [0.15, 0.2) is 0 Å². The fourth-order valence-corrected chi connectivity index (χ4v) is 4.44. The molecule has 1 amide bonds. The van der Waals surface area contributed by atoms with E-state index in [1.807, 2.05) is 67.6 Å². The van der Waals surface area contributed by atoms with E-state index in [0.29, 0.717) is 16.0 Å². The highest BCUT2D eigenvalue weighted by Gasteiger charge is 2.24. The lowest BCUT2D eigenvalue weighted by atomic mass is 10.0. The van der Waals surface area contributed by atoms with Crippen LogP contribution in [-0.4, -0.2) is 15.5 Å². The highest BCUT2D eigenvalue weighted by atomic mass is 32.1. The number of nitrogens with zero attached hydrogens (tertiary/aromatic N) is 2. The maximum atomic E-state index is 13.6. The summed E-state index contributed by atoms with van der Waals surface area (Å²) in [7, 11) is 0. The number of hydrogen-bond donors (Lipinski definition) is 1. The van der Waals surface area contributed by atoms with Crippen molar-refractivity contribution in [2.24, 2.45) is 5.73 Å². The zero-order chi connectivity index (χ0) is 19.8. The number of rotatable bonds is 4. The Bertz CT molecular complexity index is 1230. The van der Waals surface area contributed by atoms with E-state index < -0.39 is 11.9 Å². The molecule has 4 aromatic rings. The van der Waals surface area contributed by atoms with Gasteiger partial charge in [-0.2, -0.15) is 0 Å². The van der Waals surface area contributed by atoms with Crippen LogP contribution in [0.15, 0.2) is 65.5 Å². The van der Waals surface area contributed by atoms with Crippen molar-refractivity contribution in [1.82, 2.24) is 9.55 Å². The molecule has 1 atom stereocenters. The summed E-state index contributed by atoms with van der Waals surface area (Å²) < 4.78 is 1.42. The third-order valence-corrected chi connectivity index (χ3v) is 5.83. The van der Waals surface area contributed by atoms with E-state index in [1.165, 1.54) is 15.9 Å². The molecule has 0 saturated heterocycles. The lowest BCUT2D eigenvalue weighted by Gasteiger charge is -2.17. The van der Waals surface area contributed by atoms with Crippen LogP contribution in [0.25, 0.3) is 32.7 Å². The van der Waals surface area contributed by atoms with Gasteiger partial charge < -0.3 is 5.73 Å². The summed E-state index contributed by atoms with van der Waals surface area (Å²) in [6.07, 6.45) is 0. The molecule has 6 heteroatoms. The third-order valence-electron chi connectivity index (χ3n) is 4.83. The van der Waals surface area contributed by atoms with Gasteiger partial charge in [-0.1, -0.05) is 60.7 Å². The number of amides is 1. The average molecular weight is 389 g/mol. The van der Waals surface area contributed by atoms with E-state index in [0.717, 1.165) is 21.6 Å². The van der Waals surface area contributed by atoms with Gasteiger partial charge in [-0.15, -0.1) is 11.3 Å². The van der Waals surface area contributed by atoms with Gasteiger partial charge in [0, 0.05) is 16.0 Å². The predicted molar refractivity (Wildman–Crippen MR) is 113 cm³/mol. The van der Waals surface area contributed by atoms with Crippen LogP contribution in [0.3, 0.4) is 0 Å². The molecule has 2 N–H and O–H groups in total. The number of carbonyl (C=O) groups excluding carboxylic acids is 1. The van der Waals surface area contributed by atoms with Crippen LogP contribution in [0, 0.1) is 6.92 Å². The molecule has 28 heavy (non-hydrogen) atoms. The van der Waals surface area contributed by atoms with E-state index in [1.54, 1.807) is 6.92 Å². The molecule has 0 aliphatic rings. The molecule has 0 radical (unpaired) electrons. The molecule has 4 rings (SSSR count). The number of nitrogens with two attached hydrogens (primary N) is 1. The standard InChI is InChI=1S/C22H19N3O2S/c1-13(19(23)26)25-20(16-11-7-4-8-12-16)24-21-18(22(25)27)17(14(2)28-21)15-9-5-3-6-10-15/h3-13H,1-2H3,(H2,23,26). The Morgan fingerprint density at radius 1 is 1.04 bits per heavy atom. The number of thiophene rings is 1. The normalized spacial score (nSPS) is 12.2. The Hall–Kier alpha value is -3.25. The fourth-order valence-electron chi connectivity index (χ4n) is 3.40. The number of primary amides is 1. The topological polar surface area (TPSA) is 78.0 Å². The van der Waals surface area contributed by atoms with Crippen LogP contribution in [0.2, 0.25) is 0 Å². The fraction of sp³-hybridized carbons (Fsp3) is 0.136. The minimum absolute atomic E-state index is 0.252. The van der Waals surface area contributed by atoms with Crippen molar-refractivity contribution < 1.29 is 4.79 Å². The van der Waals surface area contributed by atoms with Crippen molar-refractivity contribution in [3.05, 3.63) is 75.9 Å². The van der Waals surface area contributed by atoms with Gasteiger partial charge in [-0.05, 0) is 19.4 Å². The van der Waals surface area contributed by atoms with E-state index in [-0.39, 0.29) is 5.56 Å². The van der Waals surface area contributed by atoms with Crippen molar-refractivity contribution in [3.8, 4) is 22.5 Å².